The fraction of sp³-hybridized carbons (Fsp3) is 0.407. The molecule has 6 nitrogen and oxygen atoms in total. The summed E-state index contributed by atoms with van der Waals surface area (Å²) in [6.07, 6.45) is 5.96. The molecule has 4 atom stereocenters. The predicted octanol–water partition coefficient (Wildman–Crippen LogP) is 5.58. The molecule has 0 spiro atoms. The van der Waals surface area contributed by atoms with Crippen LogP contribution in [0.1, 0.15) is 41.8 Å². The zero-order valence-corrected chi connectivity index (χ0v) is 20.3. The summed E-state index contributed by atoms with van der Waals surface area (Å²) in [5, 5.41) is 2.11. The van der Waals surface area contributed by atoms with Gasteiger partial charge in [-0.15, -0.1) is 11.3 Å². The maximum absolute atomic E-state index is 5.66. The number of furan rings is 2. The molecular weight excluding hydrogens is 444 g/mol. The van der Waals surface area contributed by atoms with Crippen molar-refractivity contribution in [2.75, 3.05) is 19.6 Å². The van der Waals surface area contributed by atoms with Crippen LogP contribution in [0.25, 0.3) is 10.6 Å². The molecule has 0 aromatic carbocycles. The summed E-state index contributed by atoms with van der Waals surface area (Å²) < 4.78 is 11.3. The van der Waals surface area contributed by atoms with Gasteiger partial charge >= 0.3 is 0 Å². The second kappa shape index (κ2) is 9.49. The number of rotatable bonds is 8. The summed E-state index contributed by atoms with van der Waals surface area (Å²) in [5.74, 6) is 4.01. The lowest BCUT2D eigenvalue weighted by molar-refractivity contribution is 0.00651. The average molecular weight is 475 g/mol. The van der Waals surface area contributed by atoms with E-state index in [1.165, 1.54) is 30.0 Å². The van der Waals surface area contributed by atoms with E-state index in [-0.39, 0.29) is 0 Å². The minimum atomic E-state index is 0.481. The SMILES string of the molecule is Cc1nc(-c2cccs2)cc(C2CN3CCC2CC3CN(Cc2ccco2)Cc2ccco2)n1. The van der Waals surface area contributed by atoms with E-state index in [1.54, 1.807) is 23.9 Å². The van der Waals surface area contributed by atoms with Gasteiger partial charge in [0.05, 0.1) is 36.2 Å². The third-order valence-electron chi connectivity index (χ3n) is 7.28. The lowest BCUT2D eigenvalue weighted by Gasteiger charge is -2.50. The Labute approximate surface area is 204 Å². The number of aromatic nitrogens is 2. The molecule has 0 radical (unpaired) electrons. The largest absolute Gasteiger partial charge is 0.468 e. The van der Waals surface area contributed by atoms with Crippen LogP contribution in [0.3, 0.4) is 0 Å². The van der Waals surface area contributed by atoms with Crippen molar-refractivity contribution in [3.8, 4) is 10.6 Å². The highest BCUT2D eigenvalue weighted by molar-refractivity contribution is 7.13. The Bertz CT molecular complexity index is 1150. The second-order valence-electron chi connectivity index (χ2n) is 9.57. The maximum atomic E-state index is 5.66. The molecule has 0 saturated carbocycles. The number of nitrogens with zero attached hydrogens (tertiary/aromatic N) is 4. The topological polar surface area (TPSA) is 58.5 Å². The molecule has 2 bridgehead atoms. The molecular formula is C27H30N4O2S. The average Bonchev–Trinajstić information content (AvgIpc) is 3.63. The van der Waals surface area contributed by atoms with Crippen LogP contribution in [0.4, 0.5) is 0 Å². The van der Waals surface area contributed by atoms with E-state index in [9.17, 15) is 0 Å². The van der Waals surface area contributed by atoms with Crippen LogP contribution in [0.5, 0.6) is 0 Å². The Morgan fingerprint density at radius 1 is 1.06 bits per heavy atom. The molecule has 0 aliphatic carbocycles. The first-order chi connectivity index (χ1) is 16.7. The van der Waals surface area contributed by atoms with E-state index in [0.29, 0.717) is 17.9 Å². The number of thiophene rings is 1. The minimum absolute atomic E-state index is 0.481. The predicted molar refractivity (Wildman–Crippen MR) is 132 cm³/mol. The summed E-state index contributed by atoms with van der Waals surface area (Å²) in [5.41, 5.74) is 2.28. The molecule has 4 unspecified atom stereocenters. The first-order valence-corrected chi connectivity index (χ1v) is 13.0. The van der Waals surface area contributed by atoms with Crippen molar-refractivity contribution in [3.05, 3.63) is 83.4 Å². The smallest absolute Gasteiger partial charge is 0.126 e. The van der Waals surface area contributed by atoms with Crippen LogP contribution < -0.4 is 0 Å². The van der Waals surface area contributed by atoms with Gasteiger partial charge in [-0.1, -0.05) is 6.07 Å². The van der Waals surface area contributed by atoms with Crippen LogP contribution in [0.2, 0.25) is 0 Å². The third-order valence-corrected chi connectivity index (χ3v) is 8.17. The third kappa shape index (κ3) is 4.60. The first-order valence-electron chi connectivity index (χ1n) is 12.1. The van der Waals surface area contributed by atoms with Crippen LogP contribution in [0.15, 0.2) is 69.2 Å². The zero-order valence-electron chi connectivity index (χ0n) is 19.5. The molecule has 34 heavy (non-hydrogen) atoms. The molecule has 4 aromatic rings. The molecule has 0 N–H and O–H groups in total. The lowest BCUT2D eigenvalue weighted by Crippen LogP contribution is -2.56. The number of aryl methyl sites for hydroxylation is 1. The molecule has 3 aliphatic rings. The van der Waals surface area contributed by atoms with Crippen LogP contribution in [-0.4, -0.2) is 45.4 Å². The Kier molecular flexibility index (Phi) is 6.07. The maximum Gasteiger partial charge on any atom is 0.126 e. The van der Waals surface area contributed by atoms with Gasteiger partial charge in [0, 0.05) is 30.7 Å². The van der Waals surface area contributed by atoms with Gasteiger partial charge in [-0.2, -0.15) is 0 Å². The lowest BCUT2D eigenvalue weighted by atomic mass is 9.74. The number of hydrogen-bond acceptors (Lipinski definition) is 7. The summed E-state index contributed by atoms with van der Waals surface area (Å²) in [4.78, 5) is 16.0. The van der Waals surface area contributed by atoms with E-state index < -0.39 is 0 Å². The van der Waals surface area contributed by atoms with E-state index >= 15 is 0 Å². The van der Waals surface area contributed by atoms with Crippen molar-refractivity contribution in [2.45, 2.75) is 44.8 Å². The summed E-state index contributed by atoms with van der Waals surface area (Å²) in [6.45, 7) is 6.86. The van der Waals surface area contributed by atoms with Gasteiger partial charge in [0.25, 0.3) is 0 Å². The molecule has 7 heteroatoms. The second-order valence-corrected chi connectivity index (χ2v) is 10.5. The molecule has 3 aliphatic heterocycles. The van der Waals surface area contributed by atoms with E-state index in [1.807, 2.05) is 19.1 Å². The number of piperidine rings is 3. The highest BCUT2D eigenvalue weighted by Gasteiger charge is 2.42. The van der Waals surface area contributed by atoms with Crippen molar-refractivity contribution in [1.82, 2.24) is 19.8 Å². The standard InChI is InChI=1S/C27H30N4O2S/c1-19-28-25(14-26(29-19)27-7-4-12-34-27)24-18-31-9-8-20(24)13-21(31)15-30(16-22-5-2-10-32-22)17-23-6-3-11-33-23/h2-7,10-12,14,20-21,24H,8-9,13,15-18H2,1H3. The van der Waals surface area contributed by atoms with Crippen molar-refractivity contribution >= 4 is 11.3 Å². The monoisotopic (exact) mass is 474 g/mol. The van der Waals surface area contributed by atoms with E-state index in [2.05, 4.69) is 45.5 Å². The van der Waals surface area contributed by atoms with Crippen molar-refractivity contribution in [3.63, 3.8) is 0 Å². The van der Waals surface area contributed by atoms with Crippen LogP contribution in [-0.2, 0) is 13.1 Å². The van der Waals surface area contributed by atoms with Gasteiger partial charge in [-0.25, -0.2) is 9.97 Å². The van der Waals surface area contributed by atoms with Crippen molar-refractivity contribution < 1.29 is 8.83 Å². The molecule has 7 rings (SSSR count). The van der Waals surface area contributed by atoms with Crippen molar-refractivity contribution in [1.29, 1.82) is 0 Å². The molecule has 176 valence electrons. The van der Waals surface area contributed by atoms with Gasteiger partial charge in [0.1, 0.15) is 17.3 Å². The van der Waals surface area contributed by atoms with Gasteiger partial charge in [-0.3, -0.25) is 9.80 Å². The molecule has 7 heterocycles. The summed E-state index contributed by atoms with van der Waals surface area (Å²) in [7, 11) is 0. The number of hydrogen-bond donors (Lipinski definition) is 0. The fourth-order valence-corrected chi connectivity index (χ4v) is 6.41. The van der Waals surface area contributed by atoms with E-state index in [0.717, 1.165) is 49.2 Å². The Hall–Kier alpha value is -2.74. The van der Waals surface area contributed by atoms with Gasteiger partial charge in [-0.05, 0) is 74.0 Å². The van der Waals surface area contributed by atoms with Gasteiger partial charge < -0.3 is 8.83 Å². The Balaban J connectivity index is 1.18. The summed E-state index contributed by atoms with van der Waals surface area (Å²) in [6, 6.07) is 15.1. The molecule has 3 saturated heterocycles. The molecule has 3 fully saturated rings. The first kappa shape index (κ1) is 21.8. The van der Waals surface area contributed by atoms with Crippen LogP contribution in [0, 0.1) is 12.8 Å². The highest BCUT2D eigenvalue weighted by Crippen LogP contribution is 2.42. The highest BCUT2D eigenvalue weighted by atomic mass is 32.1. The van der Waals surface area contributed by atoms with Gasteiger partial charge in [0.2, 0.25) is 0 Å². The minimum Gasteiger partial charge on any atom is -0.468 e. The Morgan fingerprint density at radius 3 is 2.47 bits per heavy atom. The van der Waals surface area contributed by atoms with Gasteiger partial charge in [0.15, 0.2) is 0 Å². The molecule has 4 aromatic heterocycles. The van der Waals surface area contributed by atoms with Crippen molar-refractivity contribution in [2.24, 2.45) is 5.92 Å². The van der Waals surface area contributed by atoms with Crippen LogP contribution >= 0.6 is 11.3 Å². The fourth-order valence-electron chi connectivity index (χ4n) is 5.72. The number of fused-ring (bicyclic) bond motifs is 3. The normalized spacial score (nSPS) is 24.2. The van der Waals surface area contributed by atoms with E-state index in [4.69, 9.17) is 18.8 Å². The quantitative estimate of drug-likeness (QED) is 0.332. The molecule has 0 amide bonds. The summed E-state index contributed by atoms with van der Waals surface area (Å²) >= 11 is 1.74. The Morgan fingerprint density at radius 2 is 1.85 bits per heavy atom. The zero-order chi connectivity index (χ0) is 22.9.